The van der Waals surface area contributed by atoms with Crippen molar-refractivity contribution < 1.29 is 24.1 Å². The van der Waals surface area contributed by atoms with Crippen molar-refractivity contribution in [1.82, 2.24) is 4.90 Å². The molecule has 0 spiro atoms. The fraction of sp³-hybridized carbons (Fsp3) is 0.632. The molecule has 5 atom stereocenters. The number of carbonyl (C=O) groups is 1. The molecule has 2 heterocycles. The predicted octanol–water partition coefficient (Wildman–Crippen LogP) is 1.96. The van der Waals surface area contributed by atoms with Crippen LogP contribution in [0.15, 0.2) is 12.1 Å². The van der Waals surface area contributed by atoms with E-state index >= 15 is 0 Å². The van der Waals surface area contributed by atoms with Crippen LogP contribution >= 0.6 is 0 Å². The molecule has 1 saturated carbocycles. The lowest BCUT2D eigenvalue weighted by atomic mass is 9.63. The Hall–Kier alpha value is -1.79. The third kappa shape index (κ3) is 2.42. The highest BCUT2D eigenvalue weighted by Crippen LogP contribution is 2.56. The van der Waals surface area contributed by atoms with Crippen molar-refractivity contribution in [3.8, 4) is 11.5 Å². The summed E-state index contributed by atoms with van der Waals surface area (Å²) in [6, 6.07) is 4.31. The highest BCUT2D eigenvalue weighted by Gasteiger charge is 2.58. The van der Waals surface area contributed by atoms with E-state index in [1.165, 1.54) is 18.1 Å². The summed E-state index contributed by atoms with van der Waals surface area (Å²) in [5, 5.41) is 10.7. The number of fused-ring (bicyclic) bond motifs is 1. The Balaban J connectivity index is 1.76. The van der Waals surface area contributed by atoms with Crippen LogP contribution in [0.4, 0.5) is 0 Å². The number of methoxy groups -OCH3 is 2. The summed E-state index contributed by atoms with van der Waals surface area (Å²) in [5.74, 6) is 1.22. The molecule has 1 aliphatic carbocycles. The van der Waals surface area contributed by atoms with Crippen LogP contribution in [0.1, 0.15) is 43.7 Å². The Morgan fingerprint density at radius 3 is 2.68 bits per heavy atom. The monoisotopic (exact) mass is 347 g/mol. The van der Waals surface area contributed by atoms with Crippen LogP contribution in [0.2, 0.25) is 0 Å². The van der Waals surface area contributed by atoms with Gasteiger partial charge in [0.25, 0.3) is 0 Å². The zero-order valence-corrected chi connectivity index (χ0v) is 14.9. The maximum Gasteiger partial charge on any atom is 0.302 e. The first-order chi connectivity index (χ1) is 12.0. The number of esters is 1. The molecule has 2 bridgehead atoms. The molecule has 3 aliphatic rings. The van der Waals surface area contributed by atoms with E-state index in [9.17, 15) is 9.90 Å². The van der Waals surface area contributed by atoms with Gasteiger partial charge in [-0.15, -0.1) is 0 Å². The van der Waals surface area contributed by atoms with Crippen molar-refractivity contribution in [2.45, 2.75) is 62.9 Å². The third-order valence-electron chi connectivity index (χ3n) is 6.20. The molecular weight excluding hydrogens is 322 g/mol. The van der Waals surface area contributed by atoms with Gasteiger partial charge in [0, 0.05) is 31.3 Å². The molecule has 1 aromatic rings. The van der Waals surface area contributed by atoms with Crippen molar-refractivity contribution in [1.29, 1.82) is 0 Å². The molecule has 1 aromatic carbocycles. The fourth-order valence-electron chi connectivity index (χ4n) is 5.21. The number of nitrogens with zero attached hydrogens (tertiary/aromatic N) is 1. The summed E-state index contributed by atoms with van der Waals surface area (Å²) in [6.45, 7) is 2.14. The van der Waals surface area contributed by atoms with Crippen molar-refractivity contribution in [2.24, 2.45) is 0 Å². The van der Waals surface area contributed by atoms with Gasteiger partial charge in [0.1, 0.15) is 12.3 Å². The number of aliphatic hydroxyl groups is 1. The molecule has 5 unspecified atom stereocenters. The molecule has 6 heteroatoms. The first-order valence-corrected chi connectivity index (χ1v) is 8.85. The van der Waals surface area contributed by atoms with Crippen LogP contribution in [0.5, 0.6) is 11.5 Å². The highest BCUT2D eigenvalue weighted by atomic mass is 16.5. The van der Waals surface area contributed by atoms with Gasteiger partial charge in [-0.3, -0.25) is 9.69 Å². The Labute approximate surface area is 147 Å². The number of hydrogen-bond donors (Lipinski definition) is 1. The lowest BCUT2D eigenvalue weighted by molar-refractivity contribution is -0.149. The summed E-state index contributed by atoms with van der Waals surface area (Å²) in [6.07, 6.45) is 2.67. The SMILES string of the molecule is COc1cc2c(cc1OC)C13CCC(OC(C)=O)CC1N(C2)C(O)C3. The largest absolute Gasteiger partial charge is 0.493 e. The minimum Gasteiger partial charge on any atom is -0.493 e. The second kappa shape index (κ2) is 5.88. The normalized spacial score (nSPS) is 35.5. The smallest absolute Gasteiger partial charge is 0.302 e. The molecule has 0 amide bonds. The van der Waals surface area contributed by atoms with Crippen molar-refractivity contribution >= 4 is 5.97 Å². The van der Waals surface area contributed by atoms with Gasteiger partial charge in [0.15, 0.2) is 11.5 Å². The topological polar surface area (TPSA) is 68.2 Å². The molecule has 1 saturated heterocycles. The van der Waals surface area contributed by atoms with Crippen LogP contribution < -0.4 is 9.47 Å². The number of rotatable bonds is 3. The van der Waals surface area contributed by atoms with Crippen molar-refractivity contribution in [3.05, 3.63) is 23.3 Å². The molecule has 136 valence electrons. The fourth-order valence-corrected chi connectivity index (χ4v) is 5.21. The zero-order valence-electron chi connectivity index (χ0n) is 14.9. The molecular formula is C19H25NO5. The standard InChI is InChI=1S/C19H25NO5/c1-11(21)25-13-4-5-19-9-18(22)20(17(19)7-13)10-12-6-15(23-2)16(24-3)8-14(12)19/h6,8,13,17-18,22H,4-5,7,9-10H2,1-3H3. The van der Waals surface area contributed by atoms with E-state index in [0.29, 0.717) is 13.0 Å². The molecule has 0 radical (unpaired) electrons. The quantitative estimate of drug-likeness (QED) is 0.843. The second-order valence-electron chi connectivity index (χ2n) is 7.40. The van der Waals surface area contributed by atoms with E-state index in [4.69, 9.17) is 14.2 Å². The lowest BCUT2D eigenvalue weighted by Gasteiger charge is -2.48. The second-order valence-corrected chi connectivity index (χ2v) is 7.40. The van der Waals surface area contributed by atoms with Gasteiger partial charge in [0.05, 0.1) is 14.2 Å². The average Bonchev–Trinajstić information content (AvgIpc) is 2.80. The Morgan fingerprint density at radius 1 is 1.28 bits per heavy atom. The number of ether oxygens (including phenoxy) is 3. The zero-order chi connectivity index (χ0) is 17.8. The summed E-state index contributed by atoms with van der Waals surface area (Å²) >= 11 is 0. The van der Waals surface area contributed by atoms with Gasteiger partial charge < -0.3 is 19.3 Å². The van der Waals surface area contributed by atoms with E-state index in [1.807, 2.05) is 6.07 Å². The highest BCUT2D eigenvalue weighted by molar-refractivity contribution is 5.66. The van der Waals surface area contributed by atoms with Crippen molar-refractivity contribution in [2.75, 3.05) is 14.2 Å². The molecule has 1 N–H and O–H groups in total. The van der Waals surface area contributed by atoms with E-state index in [2.05, 4.69) is 11.0 Å². The molecule has 2 aliphatic heterocycles. The Morgan fingerprint density at radius 2 is 2.00 bits per heavy atom. The van der Waals surface area contributed by atoms with Crippen LogP contribution in [0.3, 0.4) is 0 Å². The molecule has 0 aromatic heterocycles. The minimum absolute atomic E-state index is 0.0647. The van der Waals surface area contributed by atoms with Gasteiger partial charge in [-0.2, -0.15) is 0 Å². The van der Waals surface area contributed by atoms with Crippen molar-refractivity contribution in [3.63, 3.8) is 0 Å². The number of aliphatic hydroxyl groups excluding tert-OH is 1. The van der Waals surface area contributed by atoms with Crippen LogP contribution in [0.25, 0.3) is 0 Å². The first kappa shape index (κ1) is 16.7. The van der Waals surface area contributed by atoms with Crippen LogP contribution in [-0.2, 0) is 21.5 Å². The molecule has 6 nitrogen and oxygen atoms in total. The predicted molar refractivity (Wildman–Crippen MR) is 90.6 cm³/mol. The van der Waals surface area contributed by atoms with E-state index in [1.54, 1.807) is 14.2 Å². The maximum absolute atomic E-state index is 11.4. The summed E-state index contributed by atoms with van der Waals surface area (Å²) in [5.41, 5.74) is 2.34. The van der Waals surface area contributed by atoms with Gasteiger partial charge >= 0.3 is 5.97 Å². The van der Waals surface area contributed by atoms with Crippen LogP contribution in [-0.4, -0.2) is 48.6 Å². The summed E-state index contributed by atoms with van der Waals surface area (Å²) < 4.78 is 16.4. The maximum atomic E-state index is 11.4. The summed E-state index contributed by atoms with van der Waals surface area (Å²) in [7, 11) is 3.29. The number of benzene rings is 1. The first-order valence-electron chi connectivity index (χ1n) is 8.85. The van der Waals surface area contributed by atoms with E-state index < -0.39 is 6.23 Å². The third-order valence-corrected chi connectivity index (χ3v) is 6.20. The van der Waals surface area contributed by atoms with Gasteiger partial charge in [-0.25, -0.2) is 0 Å². The molecule has 4 rings (SSSR count). The number of hydrogen-bond acceptors (Lipinski definition) is 6. The summed E-state index contributed by atoms with van der Waals surface area (Å²) in [4.78, 5) is 13.5. The van der Waals surface area contributed by atoms with Gasteiger partial charge in [0.2, 0.25) is 0 Å². The van der Waals surface area contributed by atoms with Crippen LogP contribution in [0, 0.1) is 0 Å². The molecule has 2 fully saturated rings. The Kier molecular flexibility index (Phi) is 3.92. The lowest BCUT2D eigenvalue weighted by Crippen LogP contribution is -2.52. The molecule has 25 heavy (non-hydrogen) atoms. The van der Waals surface area contributed by atoms with Gasteiger partial charge in [-0.05, 0) is 42.5 Å². The van der Waals surface area contributed by atoms with Gasteiger partial charge in [-0.1, -0.05) is 0 Å². The average molecular weight is 347 g/mol. The minimum atomic E-state index is -0.467. The van der Waals surface area contributed by atoms with E-state index in [0.717, 1.165) is 30.8 Å². The number of carbonyl (C=O) groups excluding carboxylic acids is 1. The Bertz CT molecular complexity index is 705. The van der Waals surface area contributed by atoms with E-state index in [-0.39, 0.29) is 23.5 Å².